The largest absolute Gasteiger partial charge is 0.478 e. The van der Waals surface area contributed by atoms with Crippen LogP contribution >= 0.6 is 11.6 Å². The highest BCUT2D eigenvalue weighted by atomic mass is 35.5. The number of aromatic carboxylic acids is 1. The van der Waals surface area contributed by atoms with E-state index in [1.165, 1.54) is 11.1 Å². The Hall–Kier alpha value is -2.26. The molecule has 0 saturated carbocycles. The third kappa shape index (κ3) is 2.31. The standard InChI is InChI=1S/C20H18ClNO2/c1-11-14(20(23)24)9-10-17-15-3-2-4-16(15)19(22-18(11)17)12-5-7-13(21)8-6-12/h2-3,5-10,15-16,19,22H,4H2,1H3,(H,23,24). The number of benzene rings is 2. The second kappa shape index (κ2) is 5.67. The maximum absolute atomic E-state index is 11.5. The molecule has 1 heterocycles. The van der Waals surface area contributed by atoms with E-state index in [0.717, 1.165) is 22.7 Å². The van der Waals surface area contributed by atoms with Crippen LogP contribution in [0, 0.1) is 12.8 Å². The second-order valence-electron chi connectivity index (χ2n) is 6.53. The maximum atomic E-state index is 11.5. The lowest BCUT2D eigenvalue weighted by Gasteiger charge is -2.38. The molecule has 0 amide bonds. The van der Waals surface area contributed by atoms with Crippen molar-refractivity contribution in [2.24, 2.45) is 5.92 Å². The molecule has 0 radical (unpaired) electrons. The third-order valence-corrected chi connectivity index (χ3v) is 5.51. The summed E-state index contributed by atoms with van der Waals surface area (Å²) >= 11 is 6.03. The number of rotatable bonds is 2. The van der Waals surface area contributed by atoms with Gasteiger partial charge in [0.15, 0.2) is 0 Å². The van der Waals surface area contributed by atoms with Gasteiger partial charge in [-0.15, -0.1) is 0 Å². The van der Waals surface area contributed by atoms with E-state index in [-0.39, 0.29) is 6.04 Å². The highest BCUT2D eigenvalue weighted by molar-refractivity contribution is 6.30. The van der Waals surface area contributed by atoms with E-state index in [1.54, 1.807) is 6.07 Å². The number of halogens is 1. The van der Waals surface area contributed by atoms with E-state index in [2.05, 4.69) is 29.6 Å². The van der Waals surface area contributed by atoms with Gasteiger partial charge in [-0.2, -0.15) is 0 Å². The van der Waals surface area contributed by atoms with Crippen molar-refractivity contribution in [1.29, 1.82) is 0 Å². The van der Waals surface area contributed by atoms with E-state index >= 15 is 0 Å². The lowest BCUT2D eigenvalue weighted by Crippen LogP contribution is -2.30. The number of hydrogen-bond donors (Lipinski definition) is 2. The van der Waals surface area contributed by atoms with Gasteiger partial charge in [0, 0.05) is 16.6 Å². The van der Waals surface area contributed by atoms with Gasteiger partial charge in [-0.1, -0.05) is 42.0 Å². The van der Waals surface area contributed by atoms with Gasteiger partial charge in [0.1, 0.15) is 0 Å². The smallest absolute Gasteiger partial charge is 0.336 e. The van der Waals surface area contributed by atoms with Gasteiger partial charge in [0.2, 0.25) is 0 Å². The molecule has 3 atom stereocenters. The fraction of sp³-hybridized carbons (Fsp3) is 0.250. The zero-order valence-electron chi connectivity index (χ0n) is 13.3. The first kappa shape index (κ1) is 15.3. The molecule has 2 aliphatic rings. The van der Waals surface area contributed by atoms with Crippen LogP contribution in [-0.2, 0) is 0 Å². The number of allylic oxidation sites excluding steroid dienone is 2. The topological polar surface area (TPSA) is 49.3 Å². The van der Waals surface area contributed by atoms with E-state index in [0.29, 0.717) is 17.4 Å². The fourth-order valence-electron chi connectivity index (χ4n) is 4.05. The Labute approximate surface area is 146 Å². The Morgan fingerprint density at radius 2 is 1.96 bits per heavy atom. The van der Waals surface area contributed by atoms with Crippen molar-refractivity contribution in [3.8, 4) is 0 Å². The van der Waals surface area contributed by atoms with E-state index in [1.807, 2.05) is 25.1 Å². The van der Waals surface area contributed by atoms with Crippen LogP contribution in [0.15, 0.2) is 48.6 Å². The maximum Gasteiger partial charge on any atom is 0.336 e. The molecule has 0 spiro atoms. The Balaban J connectivity index is 1.83. The molecule has 0 saturated heterocycles. The lowest BCUT2D eigenvalue weighted by atomic mass is 9.76. The third-order valence-electron chi connectivity index (χ3n) is 5.26. The van der Waals surface area contributed by atoms with Crippen LogP contribution in [0.3, 0.4) is 0 Å². The van der Waals surface area contributed by atoms with Crippen LogP contribution in [0.2, 0.25) is 5.02 Å². The van der Waals surface area contributed by atoms with Gasteiger partial charge >= 0.3 is 5.97 Å². The highest BCUT2D eigenvalue weighted by Crippen LogP contribution is 2.51. The summed E-state index contributed by atoms with van der Waals surface area (Å²) in [6.07, 6.45) is 5.51. The normalized spacial score (nSPS) is 24.2. The number of carbonyl (C=O) groups is 1. The second-order valence-corrected chi connectivity index (χ2v) is 6.97. The van der Waals surface area contributed by atoms with Crippen molar-refractivity contribution in [3.05, 3.63) is 75.8 Å². The van der Waals surface area contributed by atoms with Gasteiger partial charge in [-0.3, -0.25) is 0 Å². The molecule has 24 heavy (non-hydrogen) atoms. The molecule has 0 fully saturated rings. The number of fused-ring (bicyclic) bond motifs is 3. The van der Waals surface area contributed by atoms with E-state index < -0.39 is 5.97 Å². The van der Waals surface area contributed by atoms with Crippen molar-refractivity contribution in [2.45, 2.75) is 25.3 Å². The van der Waals surface area contributed by atoms with Crippen molar-refractivity contribution in [2.75, 3.05) is 5.32 Å². The highest BCUT2D eigenvalue weighted by Gasteiger charge is 2.38. The minimum Gasteiger partial charge on any atom is -0.478 e. The zero-order chi connectivity index (χ0) is 16.8. The molecule has 4 heteroatoms. The number of nitrogens with one attached hydrogen (secondary N) is 1. The van der Waals surface area contributed by atoms with Crippen LogP contribution in [0.1, 0.15) is 45.4 Å². The molecule has 2 N–H and O–H groups in total. The molecule has 1 aliphatic heterocycles. The summed E-state index contributed by atoms with van der Waals surface area (Å²) in [5.74, 6) is -0.124. The van der Waals surface area contributed by atoms with Gasteiger partial charge < -0.3 is 10.4 Å². The van der Waals surface area contributed by atoms with Gasteiger partial charge in [-0.05, 0) is 54.2 Å². The quantitative estimate of drug-likeness (QED) is 0.742. The van der Waals surface area contributed by atoms with Gasteiger partial charge in [0.05, 0.1) is 11.6 Å². The summed E-state index contributed by atoms with van der Waals surface area (Å²) in [6.45, 7) is 1.88. The Bertz CT molecular complexity index is 841. The van der Waals surface area contributed by atoms with Gasteiger partial charge in [-0.25, -0.2) is 4.79 Å². The van der Waals surface area contributed by atoms with Crippen molar-refractivity contribution >= 4 is 23.3 Å². The summed E-state index contributed by atoms with van der Waals surface area (Å²) in [4.78, 5) is 11.5. The van der Waals surface area contributed by atoms with Crippen LogP contribution in [0.5, 0.6) is 0 Å². The van der Waals surface area contributed by atoms with E-state index in [9.17, 15) is 9.90 Å². The lowest BCUT2D eigenvalue weighted by molar-refractivity contribution is 0.0696. The van der Waals surface area contributed by atoms with Crippen LogP contribution in [0.25, 0.3) is 0 Å². The summed E-state index contributed by atoms with van der Waals surface area (Å²) in [7, 11) is 0. The Morgan fingerprint density at radius 3 is 2.67 bits per heavy atom. The predicted molar refractivity (Wildman–Crippen MR) is 95.9 cm³/mol. The summed E-state index contributed by atoms with van der Waals surface area (Å²) in [5, 5.41) is 13.8. The number of carboxylic acids is 1. The minimum absolute atomic E-state index is 0.150. The van der Waals surface area contributed by atoms with Crippen molar-refractivity contribution in [1.82, 2.24) is 0 Å². The summed E-state index contributed by atoms with van der Waals surface area (Å²) < 4.78 is 0. The van der Waals surface area contributed by atoms with Crippen molar-refractivity contribution < 1.29 is 9.90 Å². The first-order valence-electron chi connectivity index (χ1n) is 8.11. The number of hydrogen-bond acceptors (Lipinski definition) is 2. The minimum atomic E-state index is -0.885. The molecule has 122 valence electrons. The molecule has 0 aromatic heterocycles. The fourth-order valence-corrected chi connectivity index (χ4v) is 4.17. The SMILES string of the molecule is Cc1c(C(=O)O)ccc2c1NC(c1ccc(Cl)cc1)C1CC=CC21. The molecule has 3 nitrogen and oxygen atoms in total. The molecule has 2 aromatic rings. The molecule has 4 rings (SSSR count). The first-order chi connectivity index (χ1) is 11.6. The average molecular weight is 340 g/mol. The molecule has 3 unspecified atom stereocenters. The molecule has 1 aliphatic carbocycles. The summed E-state index contributed by atoms with van der Waals surface area (Å²) in [5.41, 5.74) is 4.50. The Morgan fingerprint density at radius 1 is 1.21 bits per heavy atom. The molecule has 0 bridgehead atoms. The predicted octanol–water partition coefficient (Wildman–Crippen LogP) is 5.17. The van der Waals surface area contributed by atoms with Crippen molar-refractivity contribution in [3.63, 3.8) is 0 Å². The zero-order valence-corrected chi connectivity index (χ0v) is 14.0. The summed E-state index contributed by atoms with van der Waals surface area (Å²) in [6, 6.07) is 11.8. The number of carboxylic acid groups (broad SMARTS) is 1. The molecular weight excluding hydrogens is 322 g/mol. The first-order valence-corrected chi connectivity index (χ1v) is 8.49. The molecule has 2 aromatic carbocycles. The van der Waals surface area contributed by atoms with Gasteiger partial charge in [0.25, 0.3) is 0 Å². The molecular formula is C20H18ClNO2. The average Bonchev–Trinajstić information content (AvgIpc) is 3.05. The van der Waals surface area contributed by atoms with Crippen LogP contribution in [-0.4, -0.2) is 11.1 Å². The van der Waals surface area contributed by atoms with Crippen LogP contribution < -0.4 is 5.32 Å². The van der Waals surface area contributed by atoms with Crippen LogP contribution in [0.4, 0.5) is 5.69 Å². The van der Waals surface area contributed by atoms with E-state index in [4.69, 9.17) is 11.6 Å². The monoisotopic (exact) mass is 339 g/mol. The Kier molecular flexibility index (Phi) is 3.61. The number of anilines is 1.